The molecule has 0 radical (unpaired) electrons. The fraction of sp³-hybridized carbons (Fsp3) is 0.273. The van der Waals surface area contributed by atoms with Crippen LogP contribution in [0.5, 0.6) is 0 Å². The summed E-state index contributed by atoms with van der Waals surface area (Å²) in [4.78, 5) is 14.1. The van der Waals surface area contributed by atoms with Gasteiger partial charge < -0.3 is 9.72 Å². The summed E-state index contributed by atoms with van der Waals surface area (Å²) >= 11 is 0. The number of carbonyl (C=O) groups is 1. The molecular formula is C11H12N2O2. The Hall–Kier alpha value is -2.02. The second kappa shape index (κ2) is 4.47. The van der Waals surface area contributed by atoms with Crippen molar-refractivity contribution in [3.63, 3.8) is 0 Å². The van der Waals surface area contributed by atoms with Crippen LogP contribution in [0.25, 0.3) is 6.08 Å². The number of hydrogen-bond donors (Lipinski definition) is 1. The molecule has 0 aliphatic rings. The van der Waals surface area contributed by atoms with Crippen LogP contribution in [0, 0.1) is 25.2 Å². The number of aromatic amines is 1. The van der Waals surface area contributed by atoms with Gasteiger partial charge in [-0.05, 0) is 31.1 Å². The molecule has 0 aliphatic carbocycles. The molecule has 0 aromatic carbocycles. The molecule has 1 aromatic heterocycles. The molecule has 0 spiro atoms. The third kappa shape index (κ3) is 2.26. The molecular weight excluding hydrogens is 192 g/mol. The molecule has 0 saturated carbocycles. The molecule has 0 fully saturated rings. The lowest BCUT2D eigenvalue weighted by molar-refractivity contribution is -0.135. The van der Waals surface area contributed by atoms with Crippen LogP contribution in [0.4, 0.5) is 0 Å². The van der Waals surface area contributed by atoms with E-state index in [0.29, 0.717) is 0 Å². The summed E-state index contributed by atoms with van der Waals surface area (Å²) in [6, 6.07) is 1.80. The minimum atomic E-state index is -0.621. The molecule has 1 N–H and O–H groups in total. The van der Waals surface area contributed by atoms with E-state index in [9.17, 15) is 4.79 Å². The van der Waals surface area contributed by atoms with Gasteiger partial charge in [-0.25, -0.2) is 4.79 Å². The highest BCUT2D eigenvalue weighted by Crippen LogP contribution is 2.15. The highest BCUT2D eigenvalue weighted by atomic mass is 16.5. The number of hydrogen-bond acceptors (Lipinski definition) is 3. The zero-order valence-electron chi connectivity index (χ0n) is 8.92. The Balaban J connectivity index is 3.10. The zero-order chi connectivity index (χ0) is 11.4. The third-order valence-electron chi connectivity index (χ3n) is 2.25. The van der Waals surface area contributed by atoms with Crippen LogP contribution in [0.2, 0.25) is 0 Å². The third-order valence-corrected chi connectivity index (χ3v) is 2.25. The van der Waals surface area contributed by atoms with Crippen LogP contribution in [0.1, 0.15) is 16.8 Å². The first kappa shape index (κ1) is 11.1. The maximum absolute atomic E-state index is 11.1. The van der Waals surface area contributed by atoms with E-state index >= 15 is 0 Å². The second-order valence-corrected chi connectivity index (χ2v) is 3.17. The van der Waals surface area contributed by atoms with E-state index in [0.717, 1.165) is 16.8 Å². The van der Waals surface area contributed by atoms with Gasteiger partial charge in [0.1, 0.15) is 11.6 Å². The first-order chi connectivity index (χ1) is 7.10. The first-order valence-electron chi connectivity index (χ1n) is 4.44. The van der Waals surface area contributed by atoms with Crippen molar-refractivity contribution in [2.75, 3.05) is 7.11 Å². The van der Waals surface area contributed by atoms with Gasteiger partial charge in [0, 0.05) is 11.9 Å². The molecule has 0 aliphatic heterocycles. The molecule has 1 aromatic rings. The van der Waals surface area contributed by atoms with Crippen molar-refractivity contribution in [2.24, 2.45) is 0 Å². The van der Waals surface area contributed by atoms with Crippen molar-refractivity contribution >= 4 is 12.0 Å². The van der Waals surface area contributed by atoms with Gasteiger partial charge in [0.2, 0.25) is 0 Å². The Labute approximate surface area is 88.2 Å². The van der Waals surface area contributed by atoms with Gasteiger partial charge in [-0.3, -0.25) is 0 Å². The van der Waals surface area contributed by atoms with Gasteiger partial charge >= 0.3 is 5.97 Å². The Morgan fingerprint density at radius 1 is 1.60 bits per heavy atom. The van der Waals surface area contributed by atoms with Crippen LogP contribution in [-0.2, 0) is 9.53 Å². The second-order valence-electron chi connectivity index (χ2n) is 3.17. The smallest absolute Gasteiger partial charge is 0.348 e. The number of methoxy groups -OCH3 is 1. The molecule has 1 rings (SSSR count). The standard InChI is InChI=1S/C11H12N2O2/c1-7-6-13-10(8(7)2)4-9(5-12)11(14)15-3/h4,6,13H,1-3H3. The van der Waals surface area contributed by atoms with Crippen LogP contribution >= 0.6 is 0 Å². The van der Waals surface area contributed by atoms with E-state index in [1.54, 1.807) is 6.07 Å². The lowest BCUT2D eigenvalue weighted by Gasteiger charge is -1.96. The Morgan fingerprint density at radius 3 is 2.67 bits per heavy atom. The van der Waals surface area contributed by atoms with Crippen LogP contribution in [0.15, 0.2) is 11.8 Å². The van der Waals surface area contributed by atoms with E-state index in [4.69, 9.17) is 5.26 Å². The number of nitrogens with zero attached hydrogens (tertiary/aromatic N) is 1. The van der Waals surface area contributed by atoms with E-state index in [2.05, 4.69) is 9.72 Å². The number of rotatable bonds is 2. The van der Waals surface area contributed by atoms with Gasteiger partial charge in [-0.1, -0.05) is 0 Å². The number of nitriles is 1. The number of carbonyl (C=O) groups excluding carboxylic acids is 1. The number of nitrogens with one attached hydrogen (secondary N) is 1. The van der Waals surface area contributed by atoms with Crippen LogP contribution < -0.4 is 0 Å². The summed E-state index contributed by atoms with van der Waals surface area (Å²) in [5.41, 5.74) is 2.85. The van der Waals surface area contributed by atoms with Crippen molar-refractivity contribution in [1.82, 2.24) is 4.98 Å². The summed E-state index contributed by atoms with van der Waals surface area (Å²) in [5.74, 6) is -0.621. The van der Waals surface area contributed by atoms with Crippen molar-refractivity contribution in [3.8, 4) is 6.07 Å². The predicted molar refractivity (Wildman–Crippen MR) is 55.9 cm³/mol. The fourth-order valence-corrected chi connectivity index (χ4v) is 1.16. The molecule has 4 heteroatoms. The molecule has 0 saturated heterocycles. The average molecular weight is 204 g/mol. The number of aromatic nitrogens is 1. The SMILES string of the molecule is COC(=O)C(C#N)=Cc1[nH]cc(C)c1C. The normalized spacial score (nSPS) is 10.9. The van der Waals surface area contributed by atoms with E-state index in [-0.39, 0.29) is 5.57 Å². The summed E-state index contributed by atoms with van der Waals surface area (Å²) in [5, 5.41) is 8.75. The Bertz CT molecular complexity index is 450. The van der Waals surface area contributed by atoms with E-state index in [1.165, 1.54) is 13.2 Å². The largest absolute Gasteiger partial charge is 0.465 e. The topological polar surface area (TPSA) is 65.9 Å². The number of aryl methyl sites for hydroxylation is 1. The maximum Gasteiger partial charge on any atom is 0.348 e. The van der Waals surface area contributed by atoms with Crippen molar-refractivity contribution in [3.05, 3.63) is 28.6 Å². The van der Waals surface area contributed by atoms with Gasteiger partial charge in [-0.15, -0.1) is 0 Å². The Kier molecular flexibility index (Phi) is 3.29. The van der Waals surface area contributed by atoms with Crippen LogP contribution in [0.3, 0.4) is 0 Å². The van der Waals surface area contributed by atoms with Gasteiger partial charge in [0.15, 0.2) is 0 Å². The first-order valence-corrected chi connectivity index (χ1v) is 4.44. The molecule has 0 bridgehead atoms. The molecule has 4 nitrogen and oxygen atoms in total. The number of esters is 1. The summed E-state index contributed by atoms with van der Waals surface area (Å²) < 4.78 is 4.48. The average Bonchev–Trinajstić information content (AvgIpc) is 2.56. The lowest BCUT2D eigenvalue weighted by atomic mass is 10.1. The van der Waals surface area contributed by atoms with E-state index in [1.807, 2.05) is 20.0 Å². The summed E-state index contributed by atoms with van der Waals surface area (Å²) in [7, 11) is 1.25. The molecule has 0 amide bonds. The molecule has 0 atom stereocenters. The van der Waals surface area contributed by atoms with Crippen molar-refractivity contribution in [1.29, 1.82) is 5.26 Å². The summed E-state index contributed by atoms with van der Waals surface area (Å²) in [6.07, 6.45) is 3.32. The van der Waals surface area contributed by atoms with Gasteiger partial charge in [0.05, 0.1) is 7.11 Å². The molecule has 0 unspecified atom stereocenters. The van der Waals surface area contributed by atoms with Crippen molar-refractivity contribution in [2.45, 2.75) is 13.8 Å². The minimum Gasteiger partial charge on any atom is -0.465 e. The number of H-pyrrole nitrogens is 1. The Morgan fingerprint density at radius 2 is 2.27 bits per heavy atom. The van der Waals surface area contributed by atoms with E-state index < -0.39 is 5.97 Å². The molecule has 78 valence electrons. The lowest BCUT2D eigenvalue weighted by Crippen LogP contribution is -2.02. The van der Waals surface area contributed by atoms with Crippen molar-refractivity contribution < 1.29 is 9.53 Å². The molecule has 1 heterocycles. The van der Waals surface area contributed by atoms with Gasteiger partial charge in [-0.2, -0.15) is 5.26 Å². The number of ether oxygens (including phenoxy) is 1. The fourth-order valence-electron chi connectivity index (χ4n) is 1.16. The zero-order valence-corrected chi connectivity index (χ0v) is 8.92. The maximum atomic E-state index is 11.1. The monoisotopic (exact) mass is 204 g/mol. The van der Waals surface area contributed by atoms with Gasteiger partial charge in [0.25, 0.3) is 0 Å². The van der Waals surface area contributed by atoms with Crippen LogP contribution in [-0.4, -0.2) is 18.1 Å². The summed E-state index contributed by atoms with van der Waals surface area (Å²) in [6.45, 7) is 3.87. The predicted octanol–water partition coefficient (Wildman–Crippen LogP) is 1.71. The highest BCUT2D eigenvalue weighted by molar-refractivity contribution is 5.97. The highest BCUT2D eigenvalue weighted by Gasteiger charge is 2.10. The molecule has 15 heavy (non-hydrogen) atoms. The quantitative estimate of drug-likeness (QED) is 0.453. The minimum absolute atomic E-state index is 0.0116.